The van der Waals surface area contributed by atoms with Crippen LogP contribution in [-0.2, 0) is 49.6 Å². The molecule has 0 saturated carbocycles. The molecular weight excluding hydrogens is 670 g/mol. The molecule has 0 radical (unpaired) electrons. The van der Waals surface area contributed by atoms with Gasteiger partial charge in [0.05, 0.1) is 43.8 Å². The average molecular weight is 716 g/mol. The number of aliphatic hydroxyl groups is 1. The Morgan fingerprint density at radius 2 is 1.64 bits per heavy atom. The van der Waals surface area contributed by atoms with Gasteiger partial charge >= 0.3 is 5.97 Å². The maximum Gasteiger partial charge on any atom is 0.335 e. The lowest BCUT2D eigenvalue weighted by Gasteiger charge is -2.35. The molecule has 16 heteroatoms. The third-order valence-corrected chi connectivity index (χ3v) is 9.16. The summed E-state index contributed by atoms with van der Waals surface area (Å²) in [5.41, 5.74) is 2.31. The molecule has 2 aliphatic rings. The largest absolute Gasteiger partial charge is 0.391 e. The van der Waals surface area contributed by atoms with E-state index in [0.717, 1.165) is 21.6 Å². The normalized spacial score (nSPS) is 18.3. The number of β-amino-alcohol motifs (C(OH)–C–C–N with tert-alkyl or cyclic N) is 1. The Bertz CT molecular complexity index is 1520. The average Bonchev–Trinajstić information content (AvgIpc) is 3.77. The van der Waals surface area contributed by atoms with E-state index < -0.39 is 53.2 Å². The Hall–Kier alpha value is -4.25. The zero-order valence-electron chi connectivity index (χ0n) is 28.8. The molecule has 1 unspecified atom stereocenters. The van der Waals surface area contributed by atoms with Gasteiger partial charge in [-0.3, -0.25) is 24.0 Å². The number of carbonyl (C=O) groups is 6. The molecule has 50 heavy (non-hydrogen) atoms. The van der Waals surface area contributed by atoms with Crippen molar-refractivity contribution in [3.8, 4) is 10.4 Å². The molecule has 272 valence electrons. The number of aromatic nitrogens is 1. The predicted molar refractivity (Wildman–Crippen MR) is 180 cm³/mol. The fraction of sp³-hybridized carbons (Fsp3) is 0.559. The Labute approximate surface area is 294 Å². The first-order valence-electron chi connectivity index (χ1n) is 16.5. The summed E-state index contributed by atoms with van der Waals surface area (Å²) >= 11 is 1.42. The fourth-order valence-corrected chi connectivity index (χ4v) is 6.21. The van der Waals surface area contributed by atoms with Crippen LogP contribution in [0.25, 0.3) is 10.4 Å². The van der Waals surface area contributed by atoms with Crippen LogP contribution >= 0.6 is 11.5 Å². The number of carbonyl (C=O) groups excluding carboxylic acids is 6. The molecule has 3 heterocycles. The van der Waals surface area contributed by atoms with Gasteiger partial charge in [0.25, 0.3) is 11.8 Å². The SMILES string of the molecule is Cc1cnsc1-c1ccc(CNC(=O)[C@@H]2C[C@@H](O)CN2C(=O)C(NC(=O)CCOCCOCCC(=O)ON2C(=O)CCC2=O)C(C)(C)C)cc1. The Morgan fingerprint density at radius 1 is 1.00 bits per heavy atom. The van der Waals surface area contributed by atoms with Crippen molar-refractivity contribution in [1.29, 1.82) is 0 Å². The minimum absolute atomic E-state index is 0.0130. The van der Waals surface area contributed by atoms with E-state index in [9.17, 15) is 33.9 Å². The summed E-state index contributed by atoms with van der Waals surface area (Å²) in [4.78, 5) is 81.9. The van der Waals surface area contributed by atoms with Gasteiger partial charge in [-0.1, -0.05) is 45.0 Å². The molecule has 1 aromatic carbocycles. The molecule has 2 aliphatic heterocycles. The molecule has 3 atom stereocenters. The van der Waals surface area contributed by atoms with Crippen LogP contribution in [0.1, 0.15) is 64.0 Å². The highest BCUT2D eigenvalue weighted by molar-refractivity contribution is 7.09. The van der Waals surface area contributed by atoms with Crippen molar-refractivity contribution in [3.63, 3.8) is 0 Å². The predicted octanol–water partition coefficient (Wildman–Crippen LogP) is 1.65. The summed E-state index contributed by atoms with van der Waals surface area (Å²) in [7, 11) is 0. The molecule has 0 spiro atoms. The quantitative estimate of drug-likeness (QED) is 0.169. The number of hydrogen-bond acceptors (Lipinski definition) is 12. The van der Waals surface area contributed by atoms with E-state index in [4.69, 9.17) is 14.3 Å². The van der Waals surface area contributed by atoms with E-state index >= 15 is 0 Å². The summed E-state index contributed by atoms with van der Waals surface area (Å²) in [6.45, 7) is 7.91. The Balaban J connectivity index is 1.19. The van der Waals surface area contributed by atoms with Crippen molar-refractivity contribution in [2.45, 2.75) is 84.5 Å². The first kappa shape index (κ1) is 38.6. The zero-order valence-corrected chi connectivity index (χ0v) is 29.6. The van der Waals surface area contributed by atoms with Crippen molar-refractivity contribution in [1.82, 2.24) is 25.0 Å². The lowest BCUT2D eigenvalue weighted by molar-refractivity contribution is -0.198. The topological polar surface area (TPSA) is 194 Å². The summed E-state index contributed by atoms with van der Waals surface area (Å²) in [6.07, 6.45) is 0.840. The van der Waals surface area contributed by atoms with Crippen LogP contribution in [0.15, 0.2) is 30.5 Å². The minimum atomic E-state index is -0.965. The first-order valence-corrected chi connectivity index (χ1v) is 17.3. The van der Waals surface area contributed by atoms with Gasteiger partial charge in [0.2, 0.25) is 17.7 Å². The smallest absolute Gasteiger partial charge is 0.335 e. The first-order chi connectivity index (χ1) is 23.7. The minimum Gasteiger partial charge on any atom is -0.391 e. The molecule has 2 saturated heterocycles. The number of ether oxygens (including phenoxy) is 2. The molecular formula is C34H45N5O10S. The highest BCUT2D eigenvalue weighted by Gasteiger charge is 2.44. The van der Waals surface area contributed by atoms with Crippen molar-refractivity contribution in [3.05, 3.63) is 41.6 Å². The lowest BCUT2D eigenvalue weighted by Crippen LogP contribution is -2.57. The van der Waals surface area contributed by atoms with Gasteiger partial charge in [-0.05, 0) is 40.6 Å². The maximum absolute atomic E-state index is 13.8. The van der Waals surface area contributed by atoms with Crippen LogP contribution in [-0.4, -0.2) is 106 Å². The summed E-state index contributed by atoms with van der Waals surface area (Å²) in [6, 6.07) is 5.94. The Kier molecular flexibility index (Phi) is 13.6. The van der Waals surface area contributed by atoms with Crippen LogP contribution in [0.5, 0.6) is 0 Å². The number of imide groups is 1. The maximum atomic E-state index is 13.8. The summed E-state index contributed by atoms with van der Waals surface area (Å²) in [5.74, 6) is -3.16. The number of benzene rings is 1. The van der Waals surface area contributed by atoms with Gasteiger partial charge in [0, 0.05) is 45.0 Å². The number of aliphatic hydroxyl groups excluding tert-OH is 1. The number of hydrogen-bond donors (Lipinski definition) is 3. The standard InChI is InChI=1S/C34H45N5O10S/c1-21-18-36-50-30(21)23-7-5-22(6-8-23)19-35-32(45)25-17-24(40)20-38(25)33(46)31(34(2,3)4)37-26(41)11-13-47-15-16-48-14-12-29(44)49-39-27(42)9-10-28(39)43/h5-8,18,24-25,31,40H,9-17,19-20H2,1-4H3,(H,35,45)(H,37,41)/t24-,25+,31?/m1/s1. The van der Waals surface area contributed by atoms with Crippen molar-refractivity contribution in [2.24, 2.45) is 5.41 Å². The number of amides is 5. The van der Waals surface area contributed by atoms with Crippen LogP contribution in [0.3, 0.4) is 0 Å². The van der Waals surface area contributed by atoms with Gasteiger partial charge < -0.3 is 35.0 Å². The fourth-order valence-electron chi connectivity index (χ4n) is 5.45. The monoisotopic (exact) mass is 715 g/mol. The number of nitrogens with one attached hydrogen (secondary N) is 2. The van der Waals surface area contributed by atoms with Gasteiger partial charge in [0.1, 0.15) is 12.1 Å². The summed E-state index contributed by atoms with van der Waals surface area (Å²) in [5, 5.41) is 16.6. The molecule has 5 amide bonds. The van der Waals surface area contributed by atoms with Crippen LogP contribution in [0, 0.1) is 12.3 Å². The number of likely N-dealkylation sites (tertiary alicyclic amines) is 1. The molecule has 2 fully saturated rings. The highest BCUT2D eigenvalue weighted by Crippen LogP contribution is 2.28. The second-order valence-corrected chi connectivity index (χ2v) is 14.1. The molecule has 4 rings (SSSR count). The number of hydroxylamine groups is 2. The van der Waals surface area contributed by atoms with Crippen molar-refractivity contribution in [2.75, 3.05) is 33.0 Å². The van der Waals surface area contributed by atoms with Gasteiger partial charge in [0.15, 0.2) is 0 Å². The molecule has 2 aromatic rings. The van der Waals surface area contributed by atoms with Gasteiger partial charge in [-0.15, -0.1) is 5.06 Å². The van der Waals surface area contributed by atoms with Crippen molar-refractivity contribution < 1.29 is 48.2 Å². The van der Waals surface area contributed by atoms with Gasteiger partial charge in [-0.25, -0.2) is 9.17 Å². The van der Waals surface area contributed by atoms with Crippen LogP contribution in [0.2, 0.25) is 0 Å². The Morgan fingerprint density at radius 3 is 2.24 bits per heavy atom. The molecule has 0 aliphatic carbocycles. The third-order valence-electron chi connectivity index (χ3n) is 8.21. The summed E-state index contributed by atoms with van der Waals surface area (Å²) < 4.78 is 15.0. The second kappa shape index (κ2) is 17.6. The molecule has 1 aromatic heterocycles. The van der Waals surface area contributed by atoms with E-state index in [0.29, 0.717) is 5.06 Å². The highest BCUT2D eigenvalue weighted by atomic mass is 32.1. The van der Waals surface area contributed by atoms with Crippen LogP contribution < -0.4 is 10.6 Å². The zero-order chi connectivity index (χ0) is 36.4. The molecule has 0 bridgehead atoms. The van der Waals surface area contributed by atoms with Gasteiger partial charge in [-0.2, -0.15) is 0 Å². The van der Waals surface area contributed by atoms with E-state index in [2.05, 4.69) is 15.0 Å². The van der Waals surface area contributed by atoms with Crippen LogP contribution in [0.4, 0.5) is 0 Å². The number of nitrogens with zero attached hydrogens (tertiary/aromatic N) is 3. The molecule has 3 N–H and O–H groups in total. The van der Waals surface area contributed by atoms with E-state index in [1.165, 1.54) is 16.4 Å². The third kappa shape index (κ3) is 10.6. The van der Waals surface area contributed by atoms with E-state index in [-0.39, 0.29) is 77.5 Å². The number of aryl methyl sites for hydroxylation is 1. The second-order valence-electron chi connectivity index (χ2n) is 13.3. The van der Waals surface area contributed by atoms with Crippen molar-refractivity contribution >= 4 is 47.0 Å². The molecule has 15 nitrogen and oxygen atoms in total. The van der Waals surface area contributed by atoms with E-state index in [1.54, 1.807) is 20.8 Å². The lowest BCUT2D eigenvalue weighted by atomic mass is 9.85. The van der Waals surface area contributed by atoms with E-state index in [1.807, 2.05) is 37.4 Å². The number of rotatable bonds is 16.